The molecule has 0 saturated carbocycles. The molecule has 8 heteroatoms. The number of aryl methyl sites for hydroxylation is 1. The lowest BCUT2D eigenvalue weighted by atomic mass is 10.1. The zero-order valence-electron chi connectivity index (χ0n) is 14.8. The lowest BCUT2D eigenvalue weighted by Gasteiger charge is -2.02. The molecule has 0 amide bonds. The fourth-order valence-electron chi connectivity index (χ4n) is 2.53. The number of anilines is 2. The maximum atomic E-state index is 9.42. The lowest BCUT2D eigenvalue weighted by molar-refractivity contribution is 0.419. The Morgan fingerprint density at radius 3 is 2.73 bits per heavy atom. The highest BCUT2D eigenvalue weighted by Gasteiger charge is 2.16. The number of nitrogen functional groups attached to an aromatic ring is 1. The van der Waals surface area contributed by atoms with Crippen molar-refractivity contribution in [3.63, 3.8) is 0 Å². The van der Waals surface area contributed by atoms with Gasteiger partial charge in [0, 0.05) is 12.5 Å². The van der Waals surface area contributed by atoms with Gasteiger partial charge in [-0.25, -0.2) is 4.68 Å². The Morgan fingerprint density at radius 1 is 1.31 bits per heavy atom. The summed E-state index contributed by atoms with van der Waals surface area (Å²) in [6, 6.07) is 12.1. The number of nitrogens with zero attached hydrogens (tertiary/aromatic N) is 5. The summed E-state index contributed by atoms with van der Waals surface area (Å²) in [7, 11) is 0. The molecular formula is C18H21N7O. The van der Waals surface area contributed by atoms with Crippen molar-refractivity contribution in [3.8, 4) is 11.8 Å². The zero-order chi connectivity index (χ0) is 18.5. The number of hydrogen-bond donors (Lipinski definition) is 2. The van der Waals surface area contributed by atoms with Crippen molar-refractivity contribution in [1.29, 1.82) is 5.26 Å². The van der Waals surface area contributed by atoms with Crippen LogP contribution in [0.5, 0.6) is 0 Å². The van der Waals surface area contributed by atoms with Crippen LogP contribution in [0, 0.1) is 11.3 Å². The van der Waals surface area contributed by atoms with Gasteiger partial charge in [0.05, 0.1) is 11.4 Å². The summed E-state index contributed by atoms with van der Waals surface area (Å²) in [5.74, 6) is 1.26. The lowest BCUT2D eigenvalue weighted by Crippen LogP contribution is -2.04. The Kier molecular flexibility index (Phi) is 5.17. The van der Waals surface area contributed by atoms with E-state index in [0.717, 1.165) is 12.1 Å². The van der Waals surface area contributed by atoms with Crippen molar-refractivity contribution in [2.24, 2.45) is 0 Å². The van der Waals surface area contributed by atoms with Gasteiger partial charge in [-0.05, 0) is 25.0 Å². The molecule has 0 aliphatic heterocycles. The summed E-state index contributed by atoms with van der Waals surface area (Å²) in [5, 5.41) is 20.9. The molecule has 0 fully saturated rings. The highest BCUT2D eigenvalue weighted by Crippen LogP contribution is 2.21. The summed E-state index contributed by atoms with van der Waals surface area (Å²) < 4.78 is 6.75. The molecule has 3 rings (SSSR count). The van der Waals surface area contributed by atoms with Gasteiger partial charge in [-0.3, -0.25) is 0 Å². The maximum Gasteiger partial charge on any atom is 0.321 e. The maximum absolute atomic E-state index is 9.42. The Balaban J connectivity index is 1.63. The van der Waals surface area contributed by atoms with Gasteiger partial charge in [0.2, 0.25) is 0 Å². The minimum atomic E-state index is 0.220. The highest BCUT2D eigenvalue weighted by atomic mass is 16.5. The average molecular weight is 351 g/mol. The number of nitrogens with one attached hydrogen (secondary N) is 1. The normalized spacial score (nSPS) is 10.8. The molecule has 8 nitrogen and oxygen atoms in total. The molecule has 0 radical (unpaired) electrons. The van der Waals surface area contributed by atoms with Crippen molar-refractivity contribution < 1.29 is 4.52 Å². The van der Waals surface area contributed by atoms with Gasteiger partial charge >= 0.3 is 6.01 Å². The molecule has 2 heterocycles. The summed E-state index contributed by atoms with van der Waals surface area (Å²) in [6.45, 7) is 4.64. The molecule has 0 atom stereocenters. The monoisotopic (exact) mass is 351 g/mol. The van der Waals surface area contributed by atoms with Gasteiger partial charge < -0.3 is 15.6 Å². The van der Waals surface area contributed by atoms with E-state index in [1.165, 1.54) is 0 Å². The van der Waals surface area contributed by atoms with Crippen LogP contribution in [-0.4, -0.2) is 26.5 Å². The number of para-hydroxylation sites is 1. The summed E-state index contributed by atoms with van der Waals surface area (Å²) in [4.78, 5) is 4.26. The molecule has 0 saturated heterocycles. The Morgan fingerprint density at radius 2 is 2.08 bits per heavy atom. The molecule has 1 aromatic carbocycles. The first-order valence-corrected chi connectivity index (χ1v) is 8.50. The van der Waals surface area contributed by atoms with Gasteiger partial charge in [0.15, 0.2) is 5.82 Å². The van der Waals surface area contributed by atoms with E-state index in [9.17, 15) is 5.26 Å². The number of hydrogen-bond acceptors (Lipinski definition) is 7. The molecule has 3 aromatic rings. The predicted molar refractivity (Wildman–Crippen MR) is 97.9 cm³/mol. The molecule has 2 aromatic heterocycles. The molecule has 0 spiro atoms. The molecule has 26 heavy (non-hydrogen) atoms. The van der Waals surface area contributed by atoms with E-state index in [1.54, 1.807) is 4.68 Å². The Bertz CT molecular complexity index is 906. The van der Waals surface area contributed by atoms with Gasteiger partial charge in [-0.1, -0.05) is 37.2 Å². The van der Waals surface area contributed by atoms with Crippen LogP contribution in [0.3, 0.4) is 0 Å². The number of benzene rings is 1. The van der Waals surface area contributed by atoms with Crippen LogP contribution in [0.25, 0.3) is 5.69 Å². The van der Waals surface area contributed by atoms with Crippen LogP contribution in [0.4, 0.5) is 11.8 Å². The minimum absolute atomic E-state index is 0.220. The van der Waals surface area contributed by atoms with Gasteiger partial charge in [-0.2, -0.15) is 15.3 Å². The van der Waals surface area contributed by atoms with Crippen LogP contribution in [0.2, 0.25) is 0 Å². The van der Waals surface area contributed by atoms with Crippen LogP contribution < -0.4 is 11.1 Å². The molecule has 0 bridgehead atoms. The number of aromatic nitrogens is 4. The van der Waals surface area contributed by atoms with E-state index >= 15 is 0 Å². The van der Waals surface area contributed by atoms with E-state index < -0.39 is 0 Å². The Labute approximate surface area is 151 Å². The summed E-state index contributed by atoms with van der Waals surface area (Å²) in [5.41, 5.74) is 8.04. The third-order valence-electron chi connectivity index (χ3n) is 3.93. The molecule has 0 unspecified atom stereocenters. The minimum Gasteiger partial charge on any atom is -0.382 e. The van der Waals surface area contributed by atoms with Crippen LogP contribution in [0.1, 0.15) is 43.3 Å². The van der Waals surface area contributed by atoms with E-state index in [4.69, 9.17) is 10.3 Å². The van der Waals surface area contributed by atoms with Crippen molar-refractivity contribution >= 4 is 11.8 Å². The topological polar surface area (TPSA) is 119 Å². The first-order valence-electron chi connectivity index (χ1n) is 8.50. The summed E-state index contributed by atoms with van der Waals surface area (Å²) >= 11 is 0. The van der Waals surface area contributed by atoms with Gasteiger partial charge in [0.1, 0.15) is 17.5 Å². The third kappa shape index (κ3) is 3.67. The van der Waals surface area contributed by atoms with E-state index in [-0.39, 0.29) is 5.92 Å². The first-order chi connectivity index (χ1) is 12.6. The van der Waals surface area contributed by atoms with Crippen molar-refractivity contribution in [2.75, 3.05) is 17.6 Å². The Hall–Kier alpha value is -3.34. The molecule has 3 N–H and O–H groups in total. The SMILES string of the molecule is CC(C)c1noc(NCCCc2nn(-c3ccccc3)c(N)c2C#N)n1. The van der Waals surface area contributed by atoms with Crippen LogP contribution in [0.15, 0.2) is 34.9 Å². The summed E-state index contributed by atoms with van der Waals surface area (Å²) in [6.07, 6.45) is 1.37. The third-order valence-corrected chi connectivity index (χ3v) is 3.93. The molecule has 0 aliphatic carbocycles. The van der Waals surface area contributed by atoms with Crippen molar-refractivity contribution in [2.45, 2.75) is 32.6 Å². The standard InChI is InChI=1S/C18H21N7O/c1-12(2)17-22-18(26-24-17)21-10-6-9-15-14(11-19)16(20)25(23-15)13-7-4-3-5-8-13/h3-5,7-8,12H,6,9-10,20H2,1-2H3,(H,21,22,24). The largest absolute Gasteiger partial charge is 0.382 e. The number of nitrogens with two attached hydrogens (primary N) is 1. The predicted octanol–water partition coefficient (Wildman–Crippen LogP) is 2.88. The molecular weight excluding hydrogens is 330 g/mol. The molecule has 134 valence electrons. The highest BCUT2D eigenvalue weighted by molar-refractivity contribution is 5.56. The average Bonchev–Trinajstić information content (AvgIpc) is 3.24. The second-order valence-electron chi connectivity index (χ2n) is 6.21. The van der Waals surface area contributed by atoms with Crippen molar-refractivity contribution in [3.05, 3.63) is 47.4 Å². The zero-order valence-corrected chi connectivity index (χ0v) is 14.8. The first kappa shape index (κ1) is 17.5. The smallest absolute Gasteiger partial charge is 0.321 e. The molecule has 0 aliphatic rings. The second-order valence-corrected chi connectivity index (χ2v) is 6.21. The quantitative estimate of drug-likeness (QED) is 0.628. The van der Waals surface area contributed by atoms with Gasteiger partial charge in [-0.15, -0.1) is 0 Å². The van der Waals surface area contributed by atoms with E-state index in [0.29, 0.717) is 41.9 Å². The van der Waals surface area contributed by atoms with E-state index in [1.807, 2.05) is 44.2 Å². The van der Waals surface area contributed by atoms with Crippen molar-refractivity contribution in [1.82, 2.24) is 19.9 Å². The fourth-order valence-corrected chi connectivity index (χ4v) is 2.53. The van der Waals surface area contributed by atoms with Crippen LogP contribution >= 0.6 is 0 Å². The number of nitriles is 1. The fraction of sp³-hybridized carbons (Fsp3) is 0.333. The van der Waals surface area contributed by atoms with E-state index in [2.05, 4.69) is 26.6 Å². The van der Waals surface area contributed by atoms with Gasteiger partial charge in [0.25, 0.3) is 0 Å². The van der Waals surface area contributed by atoms with Crippen LogP contribution in [-0.2, 0) is 6.42 Å². The number of rotatable bonds is 7. The second kappa shape index (κ2) is 7.70.